The molecule has 2 bridgehead atoms. The van der Waals surface area contributed by atoms with Gasteiger partial charge in [-0.3, -0.25) is 9.69 Å². The van der Waals surface area contributed by atoms with Gasteiger partial charge in [-0.25, -0.2) is 9.59 Å². The number of unbranched alkanes of at least 4 members (excludes halogenated alkanes) is 1. The monoisotopic (exact) mass is 561 g/mol. The highest BCUT2D eigenvalue weighted by molar-refractivity contribution is 5.89. The van der Waals surface area contributed by atoms with Gasteiger partial charge < -0.3 is 19.7 Å². The zero-order chi connectivity index (χ0) is 29.0. The number of ether oxygens (including phenoxy) is 2. The number of hydrogen-bond donors (Lipinski definition) is 1. The third-order valence-corrected chi connectivity index (χ3v) is 8.68. The maximum atomic E-state index is 14.0. The number of alkyl carbamates (subject to hydrolysis) is 1. The van der Waals surface area contributed by atoms with Crippen molar-refractivity contribution in [3.63, 3.8) is 0 Å². The molecule has 1 heterocycles. The highest BCUT2D eigenvalue weighted by atomic mass is 16.6. The Labute approximate surface area is 243 Å². The second kappa shape index (κ2) is 12.5. The van der Waals surface area contributed by atoms with Crippen LogP contribution in [0.2, 0.25) is 0 Å². The summed E-state index contributed by atoms with van der Waals surface area (Å²) in [5.74, 6) is 1.34. The maximum Gasteiger partial charge on any atom is 0.412 e. The third kappa shape index (κ3) is 6.85. The lowest BCUT2D eigenvalue weighted by atomic mass is 9.79. The van der Waals surface area contributed by atoms with Gasteiger partial charge in [0.05, 0.1) is 0 Å². The summed E-state index contributed by atoms with van der Waals surface area (Å²) >= 11 is 0. The lowest BCUT2D eigenvalue weighted by Gasteiger charge is -2.38. The third-order valence-electron chi connectivity index (χ3n) is 8.68. The van der Waals surface area contributed by atoms with Crippen molar-refractivity contribution in [1.29, 1.82) is 0 Å². The van der Waals surface area contributed by atoms with Crippen LogP contribution in [0.5, 0.6) is 0 Å². The minimum Gasteiger partial charge on any atom is -0.445 e. The molecule has 41 heavy (non-hydrogen) atoms. The lowest BCUT2D eigenvalue weighted by molar-refractivity contribution is -0.132. The first-order chi connectivity index (χ1) is 19.7. The average molecular weight is 562 g/mol. The first-order valence-corrected chi connectivity index (χ1v) is 15.0. The topological polar surface area (TPSA) is 88.2 Å². The van der Waals surface area contributed by atoms with E-state index in [1.165, 1.54) is 12.0 Å². The fraction of sp³-hybridized carbons (Fsp3) is 0.545. The number of carbonyl (C=O) groups excluding carboxylic acids is 3. The molecule has 3 unspecified atom stereocenters. The van der Waals surface area contributed by atoms with Gasteiger partial charge in [0.1, 0.15) is 24.9 Å². The van der Waals surface area contributed by atoms with Crippen LogP contribution in [0.4, 0.5) is 9.59 Å². The van der Waals surface area contributed by atoms with Crippen molar-refractivity contribution in [3.05, 3.63) is 71.8 Å². The zero-order valence-electron chi connectivity index (χ0n) is 24.5. The van der Waals surface area contributed by atoms with Gasteiger partial charge >= 0.3 is 12.2 Å². The van der Waals surface area contributed by atoms with E-state index < -0.39 is 23.8 Å². The van der Waals surface area contributed by atoms with Crippen molar-refractivity contribution in [2.24, 2.45) is 11.8 Å². The minimum atomic E-state index is -0.652. The molecule has 0 aromatic heterocycles. The highest BCUT2D eigenvalue weighted by Gasteiger charge is 2.55. The Morgan fingerprint density at radius 2 is 1.63 bits per heavy atom. The second-order valence-electron chi connectivity index (χ2n) is 12.7. The molecular formula is C33H43N3O5. The molecule has 1 N–H and O–H groups in total. The SMILES string of the molecule is CC(C)(C)OC(=O)N1CN(C2C(c3ccccc3)C3CC[C@H]2C3)C(=O)[C@@H]1CCCCNC(=O)OCc1ccccc1. The van der Waals surface area contributed by atoms with Crippen LogP contribution in [-0.2, 0) is 20.9 Å². The smallest absolute Gasteiger partial charge is 0.412 e. The van der Waals surface area contributed by atoms with Crippen molar-refractivity contribution in [2.45, 2.75) is 89.5 Å². The largest absolute Gasteiger partial charge is 0.445 e. The normalized spacial score (nSPS) is 25.4. The average Bonchev–Trinajstić information content (AvgIpc) is 3.65. The van der Waals surface area contributed by atoms with E-state index in [2.05, 4.69) is 29.6 Å². The number of fused-ring (bicyclic) bond motifs is 2. The molecule has 2 saturated carbocycles. The Balaban J connectivity index is 1.20. The fourth-order valence-electron chi connectivity index (χ4n) is 6.96. The van der Waals surface area contributed by atoms with Crippen molar-refractivity contribution < 1.29 is 23.9 Å². The van der Waals surface area contributed by atoms with Crippen LogP contribution < -0.4 is 5.32 Å². The van der Waals surface area contributed by atoms with E-state index in [0.717, 1.165) is 18.4 Å². The fourth-order valence-corrected chi connectivity index (χ4v) is 6.96. The molecular weight excluding hydrogens is 518 g/mol. The second-order valence-corrected chi connectivity index (χ2v) is 12.7. The van der Waals surface area contributed by atoms with Crippen LogP contribution in [0.25, 0.3) is 0 Å². The Bertz CT molecular complexity index is 1200. The molecule has 3 fully saturated rings. The quantitative estimate of drug-likeness (QED) is 0.376. The van der Waals surface area contributed by atoms with Crippen LogP contribution >= 0.6 is 0 Å². The van der Waals surface area contributed by atoms with Gasteiger partial charge in [0, 0.05) is 18.5 Å². The van der Waals surface area contributed by atoms with Crippen molar-refractivity contribution >= 4 is 18.1 Å². The van der Waals surface area contributed by atoms with Crippen LogP contribution in [0.15, 0.2) is 60.7 Å². The first-order valence-electron chi connectivity index (χ1n) is 15.0. The van der Waals surface area contributed by atoms with Gasteiger partial charge in [0.2, 0.25) is 5.91 Å². The first kappa shape index (κ1) is 29.0. The Morgan fingerprint density at radius 3 is 2.34 bits per heavy atom. The molecule has 2 aromatic carbocycles. The molecule has 3 aliphatic rings. The molecule has 3 amide bonds. The summed E-state index contributed by atoms with van der Waals surface area (Å²) in [5.41, 5.74) is 1.57. The standard InChI is InChI=1S/C33H43N3O5/c1-33(2,3)41-32(39)35-22-36(29-26-18-17-25(20-26)28(29)24-14-8-5-9-15-24)30(37)27(35)16-10-11-19-34-31(38)40-21-23-12-6-4-7-13-23/h4-9,12-15,25-29H,10-11,16-22H2,1-3H3,(H,34,38)/t25?,26-,27-,28?,29?/m0/s1. The predicted molar refractivity (Wildman–Crippen MR) is 156 cm³/mol. The number of benzene rings is 2. The van der Waals surface area contributed by atoms with Crippen molar-refractivity contribution in [1.82, 2.24) is 15.1 Å². The summed E-state index contributed by atoms with van der Waals surface area (Å²) in [6.45, 7) is 6.46. The van der Waals surface area contributed by atoms with Crippen LogP contribution in [0.3, 0.4) is 0 Å². The van der Waals surface area contributed by atoms with Gasteiger partial charge in [-0.1, -0.05) is 60.7 Å². The molecule has 2 aromatic rings. The van der Waals surface area contributed by atoms with Gasteiger partial charge in [0.15, 0.2) is 0 Å². The van der Waals surface area contributed by atoms with E-state index in [1.807, 2.05) is 62.1 Å². The minimum absolute atomic E-state index is 0.0181. The predicted octanol–water partition coefficient (Wildman–Crippen LogP) is 6.07. The number of carbonyl (C=O) groups is 3. The van der Waals surface area contributed by atoms with Crippen molar-refractivity contribution in [3.8, 4) is 0 Å². The summed E-state index contributed by atoms with van der Waals surface area (Å²) < 4.78 is 11.0. The van der Waals surface area contributed by atoms with E-state index in [-0.39, 0.29) is 25.2 Å². The lowest BCUT2D eigenvalue weighted by Crippen LogP contribution is -2.45. The maximum absolute atomic E-state index is 14.0. The van der Waals surface area contributed by atoms with Crippen LogP contribution in [0.1, 0.15) is 76.3 Å². The Morgan fingerprint density at radius 1 is 0.951 bits per heavy atom. The van der Waals surface area contributed by atoms with Gasteiger partial charge in [0.25, 0.3) is 0 Å². The molecule has 0 spiro atoms. The summed E-state index contributed by atoms with van der Waals surface area (Å²) in [4.78, 5) is 43.0. The van der Waals surface area contributed by atoms with E-state index in [0.29, 0.717) is 43.6 Å². The van der Waals surface area contributed by atoms with Gasteiger partial charge in [-0.05, 0) is 82.3 Å². The summed E-state index contributed by atoms with van der Waals surface area (Å²) in [5, 5.41) is 2.79. The Hall–Kier alpha value is -3.55. The zero-order valence-corrected chi connectivity index (χ0v) is 24.5. The number of nitrogens with one attached hydrogen (secondary N) is 1. The summed E-state index contributed by atoms with van der Waals surface area (Å²) in [6, 6.07) is 19.6. The molecule has 8 nitrogen and oxygen atoms in total. The van der Waals surface area contributed by atoms with Gasteiger partial charge in [-0.2, -0.15) is 0 Å². The number of rotatable bonds is 9. The van der Waals surface area contributed by atoms with E-state index >= 15 is 0 Å². The molecule has 5 rings (SSSR count). The summed E-state index contributed by atoms with van der Waals surface area (Å²) in [6.07, 6.45) is 4.43. The van der Waals surface area contributed by atoms with Crippen molar-refractivity contribution in [2.75, 3.05) is 13.2 Å². The molecule has 0 radical (unpaired) electrons. The molecule has 1 aliphatic heterocycles. The van der Waals surface area contributed by atoms with E-state index in [4.69, 9.17) is 9.47 Å². The molecule has 5 atom stereocenters. The number of hydrogen-bond acceptors (Lipinski definition) is 5. The van der Waals surface area contributed by atoms with E-state index in [9.17, 15) is 14.4 Å². The molecule has 2 aliphatic carbocycles. The Kier molecular flexibility index (Phi) is 8.85. The van der Waals surface area contributed by atoms with Crippen LogP contribution in [-0.4, -0.2) is 58.8 Å². The van der Waals surface area contributed by atoms with Gasteiger partial charge in [-0.15, -0.1) is 0 Å². The summed E-state index contributed by atoms with van der Waals surface area (Å²) in [7, 11) is 0. The molecule has 1 saturated heterocycles. The molecule has 220 valence electrons. The molecule has 8 heteroatoms. The highest BCUT2D eigenvalue weighted by Crippen LogP contribution is 2.55. The number of nitrogens with zero attached hydrogens (tertiary/aromatic N) is 2. The number of amides is 3. The van der Waals surface area contributed by atoms with Crippen LogP contribution in [0, 0.1) is 11.8 Å². The van der Waals surface area contributed by atoms with E-state index in [1.54, 1.807) is 4.90 Å².